The Labute approximate surface area is 133 Å². The number of hydrogen-bond acceptors (Lipinski definition) is 4. The number of amides is 2. The lowest BCUT2D eigenvalue weighted by Crippen LogP contribution is -2.39. The summed E-state index contributed by atoms with van der Waals surface area (Å²) in [6.45, 7) is 6.66. The van der Waals surface area contributed by atoms with Crippen molar-refractivity contribution in [2.24, 2.45) is 0 Å². The minimum absolute atomic E-state index is 0.200. The maximum atomic E-state index is 11.9. The minimum atomic E-state index is -0.200. The molecule has 1 aromatic carbocycles. The number of nitrogens with zero attached hydrogens (tertiary/aromatic N) is 3. The molecule has 0 aliphatic heterocycles. The fraction of sp³-hybridized carbons (Fsp3) is 0.267. The monoisotopic (exact) mass is 320 g/mol. The molecular formula is C15H17ClN4O2. The van der Waals surface area contributed by atoms with E-state index in [0.717, 1.165) is 5.56 Å². The van der Waals surface area contributed by atoms with Crippen molar-refractivity contribution in [2.45, 2.75) is 13.5 Å². The minimum Gasteiger partial charge on any atom is -0.338 e. The lowest BCUT2D eigenvalue weighted by atomic mass is 10.2. The molecule has 0 radical (unpaired) electrons. The van der Waals surface area contributed by atoms with Gasteiger partial charge in [-0.25, -0.2) is 4.79 Å². The Morgan fingerprint density at radius 2 is 2.18 bits per heavy atom. The second kappa shape index (κ2) is 7.61. The molecule has 1 heterocycles. The van der Waals surface area contributed by atoms with Crippen LogP contribution in [0.1, 0.15) is 12.8 Å². The van der Waals surface area contributed by atoms with Gasteiger partial charge in [0.2, 0.25) is 11.7 Å². The van der Waals surface area contributed by atoms with Gasteiger partial charge in [0.25, 0.3) is 0 Å². The molecular weight excluding hydrogens is 304 g/mol. The molecule has 22 heavy (non-hydrogen) atoms. The predicted octanol–water partition coefficient (Wildman–Crippen LogP) is 3.11. The Bertz CT molecular complexity index is 639. The molecule has 1 N–H and O–H groups in total. The van der Waals surface area contributed by atoms with Gasteiger partial charge in [-0.3, -0.25) is 0 Å². The molecule has 0 saturated carbocycles. The van der Waals surface area contributed by atoms with Crippen LogP contribution in [0.4, 0.5) is 4.79 Å². The van der Waals surface area contributed by atoms with Gasteiger partial charge in [-0.2, -0.15) is 4.98 Å². The maximum Gasteiger partial charge on any atom is 0.318 e. The van der Waals surface area contributed by atoms with Crippen LogP contribution in [0.25, 0.3) is 11.4 Å². The zero-order valence-electron chi connectivity index (χ0n) is 12.3. The molecule has 2 aromatic rings. The van der Waals surface area contributed by atoms with E-state index in [-0.39, 0.29) is 12.6 Å². The van der Waals surface area contributed by atoms with Crippen LogP contribution in [0.5, 0.6) is 0 Å². The summed E-state index contributed by atoms with van der Waals surface area (Å²) >= 11 is 5.85. The third-order valence-electron chi connectivity index (χ3n) is 2.86. The first-order valence-electron chi connectivity index (χ1n) is 6.86. The Morgan fingerprint density at radius 1 is 1.45 bits per heavy atom. The van der Waals surface area contributed by atoms with Crippen molar-refractivity contribution in [3.63, 3.8) is 0 Å². The third kappa shape index (κ3) is 4.08. The molecule has 2 amide bonds. The van der Waals surface area contributed by atoms with Gasteiger partial charge >= 0.3 is 6.03 Å². The largest absolute Gasteiger partial charge is 0.338 e. The fourth-order valence-electron chi connectivity index (χ4n) is 1.84. The van der Waals surface area contributed by atoms with Crippen LogP contribution in [0.3, 0.4) is 0 Å². The molecule has 7 heteroatoms. The van der Waals surface area contributed by atoms with Gasteiger partial charge in [-0.05, 0) is 31.2 Å². The number of hydrogen-bond donors (Lipinski definition) is 1. The van der Waals surface area contributed by atoms with E-state index in [0.29, 0.717) is 29.8 Å². The summed E-state index contributed by atoms with van der Waals surface area (Å²) in [6.07, 6.45) is 1.64. The van der Waals surface area contributed by atoms with E-state index in [2.05, 4.69) is 22.0 Å². The normalized spacial score (nSPS) is 10.3. The van der Waals surface area contributed by atoms with Crippen LogP contribution >= 0.6 is 11.6 Å². The van der Waals surface area contributed by atoms with Crippen molar-refractivity contribution in [2.75, 3.05) is 13.1 Å². The zero-order chi connectivity index (χ0) is 15.9. The number of benzene rings is 1. The van der Waals surface area contributed by atoms with Gasteiger partial charge in [0.15, 0.2) is 0 Å². The average molecular weight is 321 g/mol. The van der Waals surface area contributed by atoms with Crippen LogP contribution in [0.2, 0.25) is 5.02 Å². The molecule has 0 unspecified atom stereocenters. The number of carbonyl (C=O) groups excluding carboxylic acids is 1. The van der Waals surface area contributed by atoms with Gasteiger partial charge in [0, 0.05) is 23.7 Å². The molecule has 0 saturated heterocycles. The molecule has 0 fully saturated rings. The second-order valence-corrected chi connectivity index (χ2v) is 4.96. The number of rotatable bonds is 6. The highest BCUT2D eigenvalue weighted by molar-refractivity contribution is 6.30. The van der Waals surface area contributed by atoms with E-state index in [1.54, 1.807) is 18.2 Å². The number of nitrogens with one attached hydrogen (secondary N) is 1. The van der Waals surface area contributed by atoms with Crippen molar-refractivity contribution >= 4 is 17.6 Å². The van der Waals surface area contributed by atoms with Crippen molar-refractivity contribution in [3.8, 4) is 11.4 Å². The Balaban J connectivity index is 2.11. The van der Waals surface area contributed by atoms with Gasteiger partial charge in [-0.15, -0.1) is 6.58 Å². The van der Waals surface area contributed by atoms with E-state index < -0.39 is 0 Å². The molecule has 0 spiro atoms. The summed E-state index contributed by atoms with van der Waals surface area (Å²) in [7, 11) is 0. The topological polar surface area (TPSA) is 71.3 Å². The van der Waals surface area contributed by atoms with E-state index in [4.69, 9.17) is 16.1 Å². The lowest BCUT2D eigenvalue weighted by molar-refractivity contribution is 0.193. The third-order valence-corrected chi connectivity index (χ3v) is 3.11. The van der Waals surface area contributed by atoms with Gasteiger partial charge in [0.05, 0.1) is 0 Å². The molecule has 1 aromatic heterocycles. The highest BCUT2D eigenvalue weighted by Gasteiger charge is 2.16. The molecule has 116 valence electrons. The molecule has 6 nitrogen and oxygen atoms in total. The van der Waals surface area contributed by atoms with E-state index in [9.17, 15) is 4.79 Å². The summed E-state index contributed by atoms with van der Waals surface area (Å²) in [5, 5.41) is 7.29. The SMILES string of the molecule is C=CCN(Cc1nc(-c2ccc(Cl)cc2)no1)C(=O)NCC. The van der Waals surface area contributed by atoms with Crippen molar-refractivity contribution in [3.05, 3.63) is 47.8 Å². The molecule has 0 aliphatic carbocycles. The first-order chi connectivity index (χ1) is 10.6. The summed E-state index contributed by atoms with van der Waals surface area (Å²) in [6, 6.07) is 6.93. The van der Waals surface area contributed by atoms with Crippen molar-refractivity contribution in [1.29, 1.82) is 0 Å². The predicted molar refractivity (Wildman–Crippen MR) is 84.4 cm³/mol. The summed E-state index contributed by atoms with van der Waals surface area (Å²) in [5.41, 5.74) is 0.799. The molecule has 0 bridgehead atoms. The summed E-state index contributed by atoms with van der Waals surface area (Å²) in [4.78, 5) is 17.7. The highest BCUT2D eigenvalue weighted by Crippen LogP contribution is 2.19. The van der Waals surface area contributed by atoms with Crippen molar-refractivity contribution < 1.29 is 9.32 Å². The quantitative estimate of drug-likeness (QED) is 0.830. The van der Waals surface area contributed by atoms with Crippen LogP contribution in [-0.2, 0) is 6.54 Å². The number of aromatic nitrogens is 2. The van der Waals surface area contributed by atoms with Gasteiger partial charge in [0.1, 0.15) is 6.54 Å². The number of urea groups is 1. The fourth-order valence-corrected chi connectivity index (χ4v) is 1.96. The van der Waals surface area contributed by atoms with E-state index in [1.165, 1.54) is 4.90 Å². The standard InChI is InChI=1S/C15H17ClN4O2/c1-3-9-20(15(21)17-4-2)10-13-18-14(19-22-13)11-5-7-12(16)8-6-11/h3,5-8H,1,4,9-10H2,2H3,(H,17,21). The zero-order valence-corrected chi connectivity index (χ0v) is 13.0. The summed E-state index contributed by atoms with van der Waals surface area (Å²) in [5.74, 6) is 0.819. The van der Waals surface area contributed by atoms with Crippen LogP contribution in [-0.4, -0.2) is 34.2 Å². The number of halogens is 1. The smallest absolute Gasteiger partial charge is 0.318 e. The van der Waals surface area contributed by atoms with Gasteiger partial charge < -0.3 is 14.7 Å². The van der Waals surface area contributed by atoms with Crippen LogP contribution in [0.15, 0.2) is 41.4 Å². The first-order valence-corrected chi connectivity index (χ1v) is 7.24. The van der Waals surface area contributed by atoms with Crippen LogP contribution in [0, 0.1) is 0 Å². The Morgan fingerprint density at radius 3 is 2.82 bits per heavy atom. The highest BCUT2D eigenvalue weighted by atomic mass is 35.5. The molecule has 2 rings (SSSR count). The van der Waals surface area contributed by atoms with Crippen LogP contribution < -0.4 is 5.32 Å². The van der Waals surface area contributed by atoms with E-state index in [1.807, 2.05) is 19.1 Å². The number of carbonyl (C=O) groups is 1. The maximum absolute atomic E-state index is 11.9. The second-order valence-electron chi connectivity index (χ2n) is 4.52. The Kier molecular flexibility index (Phi) is 5.55. The average Bonchev–Trinajstić information content (AvgIpc) is 2.96. The van der Waals surface area contributed by atoms with E-state index >= 15 is 0 Å². The Hall–Kier alpha value is -2.34. The van der Waals surface area contributed by atoms with Crippen molar-refractivity contribution in [1.82, 2.24) is 20.4 Å². The van der Waals surface area contributed by atoms with Gasteiger partial charge in [-0.1, -0.05) is 22.8 Å². The molecule has 0 aliphatic rings. The molecule has 0 atom stereocenters. The first kappa shape index (κ1) is 16.0. The summed E-state index contributed by atoms with van der Waals surface area (Å²) < 4.78 is 5.20. The lowest BCUT2D eigenvalue weighted by Gasteiger charge is -2.18.